The normalized spacial score (nSPS) is 17.9. The molecule has 14 heteroatoms. The summed E-state index contributed by atoms with van der Waals surface area (Å²) in [6, 6.07) is 16.7. The summed E-state index contributed by atoms with van der Waals surface area (Å²) in [5, 5.41) is 2.69. The number of carbonyl (C=O) groups excluding carboxylic acids is 3. The number of benzene rings is 2. The van der Waals surface area contributed by atoms with Crippen molar-refractivity contribution in [1.82, 2.24) is 49.9 Å². The topological polar surface area (TPSA) is 165 Å². The van der Waals surface area contributed by atoms with Crippen LogP contribution < -0.4 is 5.32 Å². The summed E-state index contributed by atoms with van der Waals surface area (Å²) in [5.41, 5.74) is 5.26. The number of H-pyrrole nitrogens is 2. The summed E-state index contributed by atoms with van der Waals surface area (Å²) in [6.45, 7) is 10.8. The summed E-state index contributed by atoms with van der Waals surface area (Å²) in [6.07, 6.45) is 9.86. The number of likely N-dealkylation sites (tertiary alicyclic amines) is 2. The van der Waals surface area contributed by atoms with Crippen LogP contribution in [0.3, 0.4) is 0 Å². The standard InChI is InChI=1S/C43H52N10O4/c1-6-51(7-2)37(29-13-9-8-10-14-29)42(55)53-22-12-16-35(53)40-46-25-32(48-40)28-17-19-30(20-18-28)38-44-23-31(24-45-38)33-26-47-39(49-33)34-15-11-21-52(34)41(54)36(27(3)4)50-43(56)57-5/h8-10,13-14,17-20,23-27,34-37H,6-7,11-12,15-16,21-22H2,1-5H3,(H,46,48)(H,47,49)(H,50,56)/t34-,35?,36-,37-/m0/s1. The van der Waals surface area contributed by atoms with Gasteiger partial charge in [0.25, 0.3) is 0 Å². The van der Waals surface area contributed by atoms with E-state index in [2.05, 4.69) is 49.0 Å². The van der Waals surface area contributed by atoms with Crippen molar-refractivity contribution in [2.45, 2.75) is 77.5 Å². The number of alkyl carbamates (subject to hydrolysis) is 1. The highest BCUT2D eigenvalue weighted by Gasteiger charge is 2.39. The maximum Gasteiger partial charge on any atom is 0.407 e. The van der Waals surface area contributed by atoms with Gasteiger partial charge in [-0.2, -0.15) is 0 Å². The minimum absolute atomic E-state index is 0.113. The summed E-state index contributed by atoms with van der Waals surface area (Å²) in [4.78, 5) is 71.3. The lowest BCUT2D eigenvalue weighted by Crippen LogP contribution is -2.51. The fraction of sp³-hybridized carbons (Fsp3) is 0.419. The molecule has 14 nitrogen and oxygen atoms in total. The van der Waals surface area contributed by atoms with Crippen molar-refractivity contribution in [2.24, 2.45) is 5.92 Å². The summed E-state index contributed by atoms with van der Waals surface area (Å²) < 4.78 is 4.75. The number of ether oxygens (including phenoxy) is 1. The number of hydrogen-bond donors (Lipinski definition) is 3. The largest absolute Gasteiger partial charge is 0.453 e. The molecular weight excluding hydrogens is 721 g/mol. The van der Waals surface area contributed by atoms with Crippen LogP contribution in [0, 0.1) is 5.92 Å². The van der Waals surface area contributed by atoms with E-state index < -0.39 is 12.1 Å². The van der Waals surface area contributed by atoms with Gasteiger partial charge in [0.15, 0.2) is 5.82 Å². The third-order valence-electron chi connectivity index (χ3n) is 11.2. The van der Waals surface area contributed by atoms with Gasteiger partial charge < -0.3 is 29.8 Å². The number of aromatic amines is 2. The second kappa shape index (κ2) is 17.5. The van der Waals surface area contributed by atoms with Crippen LogP contribution in [0.4, 0.5) is 4.79 Å². The predicted octanol–water partition coefficient (Wildman–Crippen LogP) is 6.71. The van der Waals surface area contributed by atoms with Crippen molar-refractivity contribution < 1.29 is 19.1 Å². The molecule has 5 aromatic rings. The van der Waals surface area contributed by atoms with E-state index in [0.29, 0.717) is 24.7 Å². The van der Waals surface area contributed by atoms with Gasteiger partial charge in [0.1, 0.15) is 23.7 Å². The fourth-order valence-corrected chi connectivity index (χ4v) is 8.12. The number of rotatable bonds is 13. The van der Waals surface area contributed by atoms with Gasteiger partial charge in [-0.1, -0.05) is 82.3 Å². The van der Waals surface area contributed by atoms with Crippen LogP contribution in [-0.2, 0) is 14.3 Å². The SMILES string of the molecule is CCN(CC)[C@H](C(=O)N1CCCC1c1ncc(-c2ccc(-c3ncc(-c4cnc([C@@H]5CCCN5C(=O)[C@@H](NC(=O)OC)C(C)C)[nH]4)cn3)cc2)[nH]1)c1ccccc1. The van der Waals surface area contributed by atoms with E-state index in [1.54, 1.807) is 23.5 Å². The first-order valence-electron chi connectivity index (χ1n) is 20.0. The zero-order chi connectivity index (χ0) is 40.1. The van der Waals surface area contributed by atoms with E-state index in [0.717, 1.165) is 78.2 Å². The van der Waals surface area contributed by atoms with Crippen LogP contribution >= 0.6 is 0 Å². The maximum absolute atomic E-state index is 14.2. The Morgan fingerprint density at radius 2 is 1.30 bits per heavy atom. The summed E-state index contributed by atoms with van der Waals surface area (Å²) in [5.74, 6) is 1.92. The van der Waals surface area contributed by atoms with Crippen molar-refractivity contribution in [3.05, 3.63) is 96.6 Å². The van der Waals surface area contributed by atoms with Crippen molar-refractivity contribution in [3.63, 3.8) is 0 Å². The van der Waals surface area contributed by atoms with E-state index in [1.807, 2.05) is 79.5 Å². The molecule has 5 heterocycles. The molecule has 0 aliphatic carbocycles. The Labute approximate surface area is 333 Å². The molecule has 2 aliphatic heterocycles. The molecule has 4 atom stereocenters. The van der Waals surface area contributed by atoms with Crippen LogP contribution in [0.15, 0.2) is 79.4 Å². The van der Waals surface area contributed by atoms with Gasteiger partial charge in [-0.25, -0.2) is 24.7 Å². The van der Waals surface area contributed by atoms with Crippen LogP contribution in [0.25, 0.3) is 33.9 Å². The molecule has 7 rings (SSSR count). The predicted molar refractivity (Wildman–Crippen MR) is 216 cm³/mol. The third-order valence-corrected chi connectivity index (χ3v) is 11.2. The van der Waals surface area contributed by atoms with Gasteiger partial charge in [-0.3, -0.25) is 14.5 Å². The minimum Gasteiger partial charge on any atom is -0.453 e. The van der Waals surface area contributed by atoms with E-state index in [4.69, 9.17) is 9.72 Å². The average Bonchev–Trinajstić information content (AvgIpc) is 4.09. The average molecular weight is 773 g/mol. The van der Waals surface area contributed by atoms with Gasteiger partial charge in [0.2, 0.25) is 11.8 Å². The molecule has 57 heavy (non-hydrogen) atoms. The first kappa shape index (κ1) is 39.3. The van der Waals surface area contributed by atoms with Gasteiger partial charge in [-0.15, -0.1) is 0 Å². The second-order valence-corrected chi connectivity index (χ2v) is 15.0. The number of nitrogens with one attached hydrogen (secondary N) is 3. The lowest BCUT2D eigenvalue weighted by atomic mass is 10.0. The highest BCUT2D eigenvalue weighted by molar-refractivity contribution is 5.86. The van der Waals surface area contributed by atoms with Crippen LogP contribution in [0.2, 0.25) is 0 Å². The van der Waals surface area contributed by atoms with E-state index in [-0.39, 0.29) is 35.9 Å². The molecule has 2 aromatic carbocycles. The molecule has 2 saturated heterocycles. The molecule has 2 fully saturated rings. The zero-order valence-electron chi connectivity index (χ0n) is 33.3. The molecule has 1 unspecified atom stereocenters. The van der Waals surface area contributed by atoms with Gasteiger partial charge in [-0.05, 0) is 55.8 Å². The second-order valence-electron chi connectivity index (χ2n) is 15.0. The van der Waals surface area contributed by atoms with Gasteiger partial charge >= 0.3 is 6.09 Å². The van der Waals surface area contributed by atoms with Crippen molar-refractivity contribution in [1.29, 1.82) is 0 Å². The van der Waals surface area contributed by atoms with E-state index in [1.165, 1.54) is 7.11 Å². The Kier molecular flexibility index (Phi) is 12.1. The molecule has 3 aromatic heterocycles. The van der Waals surface area contributed by atoms with Crippen molar-refractivity contribution in [3.8, 4) is 33.9 Å². The first-order valence-corrected chi connectivity index (χ1v) is 20.0. The highest BCUT2D eigenvalue weighted by atomic mass is 16.5. The van der Waals surface area contributed by atoms with Crippen LogP contribution in [0.1, 0.15) is 88.7 Å². The fourth-order valence-electron chi connectivity index (χ4n) is 8.12. The van der Waals surface area contributed by atoms with Crippen molar-refractivity contribution in [2.75, 3.05) is 33.3 Å². The lowest BCUT2D eigenvalue weighted by molar-refractivity contribution is -0.138. The smallest absolute Gasteiger partial charge is 0.407 e. The minimum atomic E-state index is -0.698. The summed E-state index contributed by atoms with van der Waals surface area (Å²) >= 11 is 0. The number of amides is 3. The van der Waals surface area contributed by atoms with Gasteiger partial charge in [0.05, 0.1) is 43.0 Å². The molecule has 0 radical (unpaired) electrons. The molecule has 298 valence electrons. The van der Waals surface area contributed by atoms with Crippen LogP contribution in [0.5, 0.6) is 0 Å². The quantitative estimate of drug-likeness (QED) is 0.118. The molecule has 0 spiro atoms. The number of hydrogen-bond acceptors (Lipinski definition) is 9. The Morgan fingerprint density at radius 1 is 0.754 bits per heavy atom. The number of nitrogens with zero attached hydrogens (tertiary/aromatic N) is 7. The highest BCUT2D eigenvalue weighted by Crippen LogP contribution is 2.36. The Bertz CT molecular complexity index is 2130. The van der Waals surface area contributed by atoms with Crippen molar-refractivity contribution >= 4 is 17.9 Å². The number of imidazole rings is 2. The Balaban J connectivity index is 1.01. The number of methoxy groups -OCH3 is 1. The molecular formula is C43H52N10O4. The lowest BCUT2D eigenvalue weighted by Gasteiger charge is -2.34. The van der Waals surface area contributed by atoms with Crippen LogP contribution in [-0.4, -0.2) is 102 Å². The molecule has 0 bridgehead atoms. The zero-order valence-corrected chi connectivity index (χ0v) is 33.3. The monoisotopic (exact) mass is 772 g/mol. The number of carbonyl (C=O) groups is 3. The Morgan fingerprint density at radius 3 is 1.84 bits per heavy atom. The molecule has 0 saturated carbocycles. The molecule has 3 N–H and O–H groups in total. The third kappa shape index (κ3) is 8.31. The summed E-state index contributed by atoms with van der Waals surface area (Å²) in [7, 11) is 1.29. The molecule has 3 amide bonds. The Hall–Kier alpha value is -5.89. The van der Waals surface area contributed by atoms with E-state index >= 15 is 0 Å². The maximum atomic E-state index is 14.2. The number of likely N-dealkylation sites (N-methyl/N-ethyl adjacent to an activating group) is 1. The van der Waals surface area contributed by atoms with E-state index in [9.17, 15) is 14.4 Å². The molecule has 2 aliphatic rings. The first-order chi connectivity index (χ1) is 27.7. The number of aromatic nitrogens is 6. The van der Waals surface area contributed by atoms with Gasteiger partial charge in [0, 0.05) is 36.6 Å².